The van der Waals surface area contributed by atoms with Crippen molar-refractivity contribution in [2.24, 2.45) is 11.7 Å². The van der Waals surface area contributed by atoms with Crippen molar-refractivity contribution in [2.75, 3.05) is 31.3 Å². The molecule has 2 aromatic heterocycles. The van der Waals surface area contributed by atoms with E-state index in [-0.39, 0.29) is 24.3 Å². The number of fused-ring (bicyclic) bond motifs is 1. The number of nitrogens with two attached hydrogens (primary N) is 1. The Morgan fingerprint density at radius 1 is 1.37 bits per heavy atom. The van der Waals surface area contributed by atoms with Crippen molar-refractivity contribution >= 4 is 24.2 Å². The predicted octanol–water partition coefficient (Wildman–Crippen LogP) is 0.500. The summed E-state index contributed by atoms with van der Waals surface area (Å²) in [5, 5.41) is 5.13. The Morgan fingerprint density at radius 2 is 2.07 bits per heavy atom. The number of aromatic nitrogens is 3. The van der Waals surface area contributed by atoms with Gasteiger partial charge in [-0.05, 0) is 25.2 Å². The van der Waals surface area contributed by atoms with E-state index in [0.717, 1.165) is 12.8 Å². The highest BCUT2D eigenvalue weighted by Crippen LogP contribution is 2.38. The van der Waals surface area contributed by atoms with Crippen molar-refractivity contribution in [1.82, 2.24) is 14.8 Å². The van der Waals surface area contributed by atoms with Gasteiger partial charge in [-0.2, -0.15) is 10.1 Å². The minimum Gasteiger partial charge on any atom is -0.481 e. The van der Waals surface area contributed by atoms with Crippen LogP contribution in [0, 0.1) is 5.92 Å². The van der Waals surface area contributed by atoms with Gasteiger partial charge in [0.2, 0.25) is 5.88 Å². The third kappa shape index (κ3) is 4.47. The first-order valence-corrected chi connectivity index (χ1v) is 10.6. The van der Waals surface area contributed by atoms with Gasteiger partial charge in [-0.15, -0.1) is 0 Å². The van der Waals surface area contributed by atoms with Gasteiger partial charge in [0.25, 0.3) is 5.56 Å². The molecule has 1 fully saturated rings. The van der Waals surface area contributed by atoms with E-state index in [1.165, 1.54) is 11.8 Å². The Hall–Kier alpha value is -2.00. The Labute approximate surface area is 156 Å². The molecule has 0 radical (unpaired) electrons. The number of pyridine rings is 1. The topological polar surface area (TPSA) is 144 Å². The zero-order chi connectivity index (χ0) is 19.6. The second-order valence-electron chi connectivity index (χ2n) is 6.69. The zero-order valence-corrected chi connectivity index (χ0v) is 16.0. The van der Waals surface area contributed by atoms with Gasteiger partial charge in [0.05, 0.1) is 31.5 Å². The monoisotopic (exact) mass is 397 g/mol. The second-order valence-corrected chi connectivity index (χ2v) is 8.47. The number of anilines is 1. The summed E-state index contributed by atoms with van der Waals surface area (Å²) in [7, 11) is -2.46. The molecule has 4 N–H and O–H groups in total. The molecule has 2 aromatic rings. The molecule has 0 bridgehead atoms. The van der Waals surface area contributed by atoms with Crippen LogP contribution < -0.4 is 20.9 Å². The van der Waals surface area contributed by atoms with Gasteiger partial charge in [0, 0.05) is 24.5 Å². The molecular weight excluding hydrogens is 373 g/mol. The minimum absolute atomic E-state index is 0.0231. The molecule has 0 unspecified atom stereocenters. The van der Waals surface area contributed by atoms with E-state index in [1.54, 1.807) is 12.3 Å². The summed E-state index contributed by atoms with van der Waals surface area (Å²) in [4.78, 5) is 37.3. The van der Waals surface area contributed by atoms with Crippen LogP contribution >= 0.6 is 7.60 Å². The molecule has 1 saturated heterocycles. The Balaban J connectivity index is 1.88. The first-order chi connectivity index (χ1) is 12.8. The number of rotatable bonds is 6. The number of ether oxygens (including phenoxy) is 1. The largest absolute Gasteiger partial charge is 0.481 e. The molecule has 0 spiro atoms. The number of nitrogens with zero attached hydrogens (tertiary/aromatic N) is 4. The summed E-state index contributed by atoms with van der Waals surface area (Å²) in [6, 6.07) is 1.67. The van der Waals surface area contributed by atoms with Gasteiger partial charge >= 0.3 is 7.60 Å². The van der Waals surface area contributed by atoms with E-state index >= 15 is 0 Å². The molecule has 1 aliphatic rings. The van der Waals surface area contributed by atoms with Crippen LogP contribution in [-0.2, 0) is 11.2 Å². The Bertz CT molecular complexity index is 919. The molecule has 27 heavy (non-hydrogen) atoms. The van der Waals surface area contributed by atoms with Crippen LogP contribution in [0.15, 0.2) is 17.1 Å². The van der Waals surface area contributed by atoms with Gasteiger partial charge in [-0.1, -0.05) is 0 Å². The molecule has 10 nitrogen and oxygen atoms in total. The van der Waals surface area contributed by atoms with Crippen LogP contribution in [0.3, 0.4) is 0 Å². The Kier molecular flexibility index (Phi) is 5.81. The van der Waals surface area contributed by atoms with E-state index in [0.29, 0.717) is 42.0 Å². The SMILES string of the molecule is COc1cc2cnn(CN)c(=O)c2c(N2CCC(CCP(=O)(O)O)CC2)n1. The molecular formula is C16H24N5O5P. The van der Waals surface area contributed by atoms with Crippen molar-refractivity contribution < 1.29 is 19.1 Å². The van der Waals surface area contributed by atoms with Crippen LogP contribution in [-0.4, -0.2) is 50.9 Å². The lowest BCUT2D eigenvalue weighted by molar-refractivity contribution is 0.350. The van der Waals surface area contributed by atoms with Crippen LogP contribution in [0.5, 0.6) is 5.88 Å². The molecule has 148 valence electrons. The quantitative estimate of drug-likeness (QED) is 0.594. The lowest BCUT2D eigenvalue weighted by Crippen LogP contribution is -2.36. The van der Waals surface area contributed by atoms with Gasteiger partial charge in [0.1, 0.15) is 5.82 Å². The third-order valence-corrected chi connectivity index (χ3v) is 5.76. The smallest absolute Gasteiger partial charge is 0.325 e. The summed E-state index contributed by atoms with van der Waals surface area (Å²) in [5.41, 5.74) is 5.29. The van der Waals surface area contributed by atoms with E-state index in [2.05, 4.69) is 10.1 Å². The molecule has 0 atom stereocenters. The maximum Gasteiger partial charge on any atom is 0.325 e. The van der Waals surface area contributed by atoms with E-state index in [1.807, 2.05) is 4.90 Å². The summed E-state index contributed by atoms with van der Waals surface area (Å²) >= 11 is 0. The number of hydrogen-bond donors (Lipinski definition) is 3. The molecule has 0 saturated carbocycles. The van der Waals surface area contributed by atoms with Crippen molar-refractivity contribution in [1.29, 1.82) is 0 Å². The first-order valence-electron chi connectivity index (χ1n) is 8.77. The van der Waals surface area contributed by atoms with Crippen LogP contribution in [0.2, 0.25) is 0 Å². The van der Waals surface area contributed by atoms with Crippen LogP contribution in [0.1, 0.15) is 19.3 Å². The van der Waals surface area contributed by atoms with Crippen molar-refractivity contribution in [2.45, 2.75) is 25.9 Å². The molecule has 1 aliphatic heterocycles. The summed E-state index contributed by atoms with van der Waals surface area (Å²) in [6.45, 7) is 1.27. The van der Waals surface area contributed by atoms with E-state index in [9.17, 15) is 9.36 Å². The fourth-order valence-electron chi connectivity index (χ4n) is 3.41. The average Bonchev–Trinajstić information content (AvgIpc) is 2.65. The second kappa shape index (κ2) is 7.93. The number of piperidine rings is 1. The highest BCUT2D eigenvalue weighted by molar-refractivity contribution is 7.51. The third-order valence-electron chi connectivity index (χ3n) is 4.92. The van der Waals surface area contributed by atoms with E-state index < -0.39 is 7.60 Å². The van der Waals surface area contributed by atoms with Gasteiger partial charge in [-0.3, -0.25) is 9.36 Å². The first kappa shape index (κ1) is 19.8. The Morgan fingerprint density at radius 3 is 2.67 bits per heavy atom. The standard InChI is InChI=1S/C16H24N5O5P/c1-26-13-8-12-9-18-21(10-17)16(22)14(12)15(19-13)20-5-2-11(3-6-20)4-7-27(23,24)25/h8-9,11H,2-7,10,17H2,1H3,(H2,23,24,25). The zero-order valence-electron chi connectivity index (χ0n) is 15.1. The lowest BCUT2D eigenvalue weighted by Gasteiger charge is -2.33. The van der Waals surface area contributed by atoms with Crippen molar-refractivity contribution in [3.05, 3.63) is 22.6 Å². The summed E-state index contributed by atoms with van der Waals surface area (Å²) in [5.74, 6) is 1.17. The van der Waals surface area contributed by atoms with Crippen LogP contribution in [0.4, 0.5) is 5.82 Å². The van der Waals surface area contributed by atoms with Gasteiger partial charge < -0.3 is 25.2 Å². The number of hydrogen-bond acceptors (Lipinski definition) is 7. The molecule has 3 heterocycles. The average molecular weight is 397 g/mol. The maximum atomic E-state index is 12.7. The minimum atomic E-state index is -3.97. The number of methoxy groups -OCH3 is 1. The van der Waals surface area contributed by atoms with Gasteiger partial charge in [0.15, 0.2) is 0 Å². The summed E-state index contributed by atoms with van der Waals surface area (Å²) < 4.78 is 17.5. The normalized spacial score (nSPS) is 16.1. The predicted molar refractivity (Wildman–Crippen MR) is 101 cm³/mol. The van der Waals surface area contributed by atoms with Crippen molar-refractivity contribution in [3.8, 4) is 5.88 Å². The summed E-state index contributed by atoms with van der Waals surface area (Å²) in [6.07, 6.45) is 3.52. The van der Waals surface area contributed by atoms with Crippen molar-refractivity contribution in [3.63, 3.8) is 0 Å². The fraction of sp³-hybridized carbons (Fsp3) is 0.562. The molecule has 0 aromatic carbocycles. The van der Waals surface area contributed by atoms with Crippen LogP contribution in [0.25, 0.3) is 10.8 Å². The molecule has 0 aliphatic carbocycles. The maximum absolute atomic E-state index is 12.7. The molecule has 3 rings (SSSR count). The highest BCUT2D eigenvalue weighted by Gasteiger charge is 2.25. The van der Waals surface area contributed by atoms with Gasteiger partial charge in [-0.25, -0.2) is 4.68 Å². The highest BCUT2D eigenvalue weighted by atomic mass is 31.2. The lowest BCUT2D eigenvalue weighted by atomic mass is 9.94. The fourth-order valence-corrected chi connectivity index (χ4v) is 4.11. The molecule has 0 amide bonds. The molecule has 11 heteroatoms. The van der Waals surface area contributed by atoms with E-state index in [4.69, 9.17) is 20.3 Å².